The summed E-state index contributed by atoms with van der Waals surface area (Å²) in [6, 6.07) is 13.8. The highest BCUT2D eigenvalue weighted by atomic mass is 16.5. The second kappa shape index (κ2) is 6.83. The maximum Gasteiger partial charge on any atom is 0.294 e. The molecule has 2 aromatic carbocycles. The average Bonchev–Trinajstić information content (AvgIpc) is 3.18. The summed E-state index contributed by atoms with van der Waals surface area (Å²) in [4.78, 5) is 23.7. The number of methoxy groups -OCH3 is 1. The molecule has 0 radical (unpaired) electrons. The number of amides is 2. The van der Waals surface area contributed by atoms with Crippen LogP contribution in [0.4, 0.5) is 11.4 Å². The maximum atomic E-state index is 12.4. The molecule has 8 heteroatoms. The molecule has 0 saturated carbocycles. The molecular formula is C19H15N3O5. The number of anilines is 2. The van der Waals surface area contributed by atoms with E-state index in [0.717, 1.165) is 11.3 Å². The topological polar surface area (TPSA) is 103 Å². The molecule has 2 amide bonds. The van der Waals surface area contributed by atoms with Crippen molar-refractivity contribution in [3.8, 4) is 22.8 Å². The van der Waals surface area contributed by atoms with Crippen LogP contribution >= 0.6 is 0 Å². The number of ether oxygens (including phenoxy) is 2. The van der Waals surface area contributed by atoms with E-state index in [2.05, 4.69) is 15.8 Å². The Morgan fingerprint density at radius 3 is 2.78 bits per heavy atom. The van der Waals surface area contributed by atoms with Crippen molar-refractivity contribution >= 4 is 23.2 Å². The van der Waals surface area contributed by atoms with Gasteiger partial charge in [0.1, 0.15) is 17.2 Å². The SMILES string of the molecule is COc1ccc(-c2cc(C(=O)Nc3ccc4c(c3)OCC(=O)N4)on2)cc1. The summed E-state index contributed by atoms with van der Waals surface area (Å²) in [5.74, 6) is 0.636. The molecule has 0 saturated heterocycles. The van der Waals surface area contributed by atoms with Crippen LogP contribution in [0.15, 0.2) is 53.1 Å². The summed E-state index contributed by atoms with van der Waals surface area (Å²) in [5, 5.41) is 9.34. The smallest absolute Gasteiger partial charge is 0.294 e. The lowest BCUT2D eigenvalue weighted by atomic mass is 10.1. The molecule has 4 rings (SSSR count). The quantitative estimate of drug-likeness (QED) is 0.737. The van der Waals surface area contributed by atoms with E-state index in [9.17, 15) is 9.59 Å². The molecule has 3 aromatic rings. The fourth-order valence-corrected chi connectivity index (χ4v) is 2.63. The van der Waals surface area contributed by atoms with Crippen LogP contribution in [-0.2, 0) is 4.79 Å². The molecule has 136 valence electrons. The molecule has 1 aliphatic heterocycles. The highest BCUT2D eigenvalue weighted by Gasteiger charge is 2.18. The second-order valence-electron chi connectivity index (χ2n) is 5.81. The first-order valence-electron chi connectivity index (χ1n) is 8.11. The van der Waals surface area contributed by atoms with Gasteiger partial charge in [-0.1, -0.05) is 5.16 Å². The van der Waals surface area contributed by atoms with Crippen LogP contribution < -0.4 is 20.1 Å². The molecule has 0 spiro atoms. The van der Waals surface area contributed by atoms with Gasteiger partial charge in [-0.25, -0.2) is 0 Å². The summed E-state index contributed by atoms with van der Waals surface area (Å²) >= 11 is 0. The van der Waals surface area contributed by atoms with Crippen LogP contribution in [0.3, 0.4) is 0 Å². The molecule has 2 heterocycles. The molecule has 8 nitrogen and oxygen atoms in total. The number of hydrogen-bond acceptors (Lipinski definition) is 6. The largest absolute Gasteiger partial charge is 0.497 e. The standard InChI is InChI=1S/C19H15N3O5/c1-25-13-5-2-11(3-6-13)15-9-17(27-22-15)19(24)20-12-4-7-14-16(8-12)26-10-18(23)21-14/h2-9H,10H2,1H3,(H,20,24)(H,21,23). The Morgan fingerprint density at radius 2 is 2.00 bits per heavy atom. The Bertz CT molecular complexity index is 1010. The number of fused-ring (bicyclic) bond motifs is 1. The highest BCUT2D eigenvalue weighted by Crippen LogP contribution is 2.31. The molecule has 0 bridgehead atoms. The fourth-order valence-electron chi connectivity index (χ4n) is 2.63. The number of aromatic nitrogens is 1. The van der Waals surface area contributed by atoms with Crippen molar-refractivity contribution < 1.29 is 23.6 Å². The van der Waals surface area contributed by atoms with Gasteiger partial charge in [0, 0.05) is 23.4 Å². The minimum atomic E-state index is -0.443. The molecule has 1 aliphatic rings. The molecule has 27 heavy (non-hydrogen) atoms. The third kappa shape index (κ3) is 3.45. The molecule has 0 aliphatic carbocycles. The lowest BCUT2D eigenvalue weighted by Crippen LogP contribution is -2.25. The van der Waals surface area contributed by atoms with E-state index >= 15 is 0 Å². The van der Waals surface area contributed by atoms with Crippen LogP contribution in [0.25, 0.3) is 11.3 Å². The van der Waals surface area contributed by atoms with Crippen LogP contribution in [0.2, 0.25) is 0 Å². The predicted molar refractivity (Wildman–Crippen MR) is 97.0 cm³/mol. The van der Waals surface area contributed by atoms with Crippen LogP contribution in [0.5, 0.6) is 11.5 Å². The first kappa shape index (κ1) is 16.6. The van der Waals surface area contributed by atoms with Gasteiger partial charge in [0.05, 0.1) is 12.8 Å². The number of nitrogens with zero attached hydrogens (tertiary/aromatic N) is 1. The first-order valence-corrected chi connectivity index (χ1v) is 8.11. The van der Waals surface area contributed by atoms with Crippen molar-refractivity contribution in [2.45, 2.75) is 0 Å². The van der Waals surface area contributed by atoms with Crippen molar-refractivity contribution in [1.29, 1.82) is 0 Å². The summed E-state index contributed by atoms with van der Waals surface area (Å²) in [7, 11) is 1.59. The van der Waals surface area contributed by atoms with Crippen molar-refractivity contribution in [1.82, 2.24) is 5.16 Å². The summed E-state index contributed by atoms with van der Waals surface area (Å²) in [6.07, 6.45) is 0. The molecule has 2 N–H and O–H groups in total. The lowest BCUT2D eigenvalue weighted by molar-refractivity contribution is -0.118. The number of hydrogen-bond donors (Lipinski definition) is 2. The van der Waals surface area contributed by atoms with E-state index in [-0.39, 0.29) is 18.3 Å². The molecule has 0 fully saturated rings. The number of rotatable bonds is 4. The van der Waals surface area contributed by atoms with E-state index < -0.39 is 5.91 Å². The molecular weight excluding hydrogens is 350 g/mol. The molecule has 0 atom stereocenters. The monoisotopic (exact) mass is 365 g/mol. The van der Waals surface area contributed by atoms with Crippen LogP contribution in [0.1, 0.15) is 10.6 Å². The average molecular weight is 365 g/mol. The third-order valence-electron chi connectivity index (χ3n) is 3.99. The van der Waals surface area contributed by atoms with Gasteiger partial charge >= 0.3 is 0 Å². The Hall–Kier alpha value is -3.81. The van der Waals surface area contributed by atoms with Gasteiger partial charge in [-0.2, -0.15) is 0 Å². The second-order valence-corrected chi connectivity index (χ2v) is 5.81. The van der Waals surface area contributed by atoms with Gasteiger partial charge < -0.3 is 24.6 Å². The zero-order valence-corrected chi connectivity index (χ0v) is 14.3. The van der Waals surface area contributed by atoms with Gasteiger partial charge in [0.15, 0.2) is 6.61 Å². The van der Waals surface area contributed by atoms with Gasteiger partial charge in [0.25, 0.3) is 11.8 Å². The van der Waals surface area contributed by atoms with E-state index in [1.807, 2.05) is 12.1 Å². The van der Waals surface area contributed by atoms with Crippen LogP contribution in [-0.4, -0.2) is 30.7 Å². The summed E-state index contributed by atoms with van der Waals surface area (Å²) in [6.45, 7) is -0.0578. The number of carbonyl (C=O) groups is 2. The van der Waals surface area contributed by atoms with E-state index in [0.29, 0.717) is 22.8 Å². The van der Waals surface area contributed by atoms with Crippen LogP contribution in [0, 0.1) is 0 Å². The minimum Gasteiger partial charge on any atom is -0.497 e. The Labute approximate surface area is 154 Å². The Balaban J connectivity index is 1.49. The van der Waals surface area contributed by atoms with E-state index in [1.54, 1.807) is 43.5 Å². The normalized spacial score (nSPS) is 12.6. The zero-order chi connectivity index (χ0) is 18.8. The Kier molecular flexibility index (Phi) is 4.21. The van der Waals surface area contributed by atoms with Gasteiger partial charge in [-0.05, 0) is 36.4 Å². The van der Waals surface area contributed by atoms with Crippen molar-refractivity contribution in [3.05, 3.63) is 54.3 Å². The van der Waals surface area contributed by atoms with Crippen molar-refractivity contribution in [2.75, 3.05) is 24.4 Å². The molecule has 1 aromatic heterocycles. The van der Waals surface area contributed by atoms with Gasteiger partial charge in [-0.3, -0.25) is 9.59 Å². The van der Waals surface area contributed by atoms with Crippen molar-refractivity contribution in [2.24, 2.45) is 0 Å². The summed E-state index contributed by atoms with van der Waals surface area (Å²) < 4.78 is 15.6. The maximum absolute atomic E-state index is 12.4. The van der Waals surface area contributed by atoms with Gasteiger partial charge in [-0.15, -0.1) is 0 Å². The van der Waals surface area contributed by atoms with Gasteiger partial charge in [0.2, 0.25) is 5.76 Å². The minimum absolute atomic E-state index is 0.0578. The lowest BCUT2D eigenvalue weighted by Gasteiger charge is -2.18. The van der Waals surface area contributed by atoms with E-state index in [1.165, 1.54) is 0 Å². The number of nitrogens with one attached hydrogen (secondary N) is 2. The Morgan fingerprint density at radius 1 is 1.19 bits per heavy atom. The number of benzene rings is 2. The molecule has 0 unspecified atom stereocenters. The predicted octanol–water partition coefficient (Wildman–Crippen LogP) is 2.93. The van der Waals surface area contributed by atoms with Crippen molar-refractivity contribution in [3.63, 3.8) is 0 Å². The highest BCUT2D eigenvalue weighted by molar-refractivity contribution is 6.03. The van der Waals surface area contributed by atoms with E-state index in [4.69, 9.17) is 14.0 Å². The first-order chi connectivity index (χ1) is 13.1. The number of carbonyl (C=O) groups excluding carboxylic acids is 2. The zero-order valence-electron chi connectivity index (χ0n) is 14.3. The summed E-state index contributed by atoms with van der Waals surface area (Å²) in [5.41, 5.74) is 2.42. The fraction of sp³-hybridized carbons (Fsp3) is 0.105. The third-order valence-corrected chi connectivity index (χ3v) is 3.99.